The number of nitrogens with one attached hydrogen (secondary N) is 1. The van der Waals surface area contributed by atoms with Crippen LogP contribution >= 0.6 is 0 Å². The van der Waals surface area contributed by atoms with Gasteiger partial charge in [-0.05, 0) is 52.6 Å². The molecule has 4 aromatic rings. The highest BCUT2D eigenvalue weighted by Gasteiger charge is 2.24. The molecule has 0 saturated carbocycles. The summed E-state index contributed by atoms with van der Waals surface area (Å²) in [5, 5.41) is 5.41. The van der Waals surface area contributed by atoms with E-state index in [0.29, 0.717) is 12.2 Å². The first-order valence-electron chi connectivity index (χ1n) is 10.8. The zero-order chi connectivity index (χ0) is 22.3. The van der Waals surface area contributed by atoms with Crippen molar-refractivity contribution in [2.75, 3.05) is 7.11 Å². The Bertz CT molecular complexity index is 1170. The van der Waals surface area contributed by atoms with Crippen LogP contribution in [0.15, 0.2) is 97.1 Å². The van der Waals surface area contributed by atoms with Crippen molar-refractivity contribution in [3.8, 4) is 11.5 Å². The summed E-state index contributed by atoms with van der Waals surface area (Å²) < 4.78 is 11.4. The second kappa shape index (κ2) is 10.0. The quantitative estimate of drug-likeness (QED) is 0.382. The number of carbonyl (C=O) groups is 1. The van der Waals surface area contributed by atoms with Gasteiger partial charge in [0.25, 0.3) is 5.91 Å². The van der Waals surface area contributed by atoms with Gasteiger partial charge in [0, 0.05) is 0 Å². The van der Waals surface area contributed by atoms with Crippen LogP contribution in [0.2, 0.25) is 0 Å². The predicted molar refractivity (Wildman–Crippen MR) is 128 cm³/mol. The van der Waals surface area contributed by atoms with E-state index in [2.05, 4.69) is 11.4 Å². The molecule has 4 rings (SSSR count). The number of ether oxygens (including phenoxy) is 2. The fourth-order valence-electron chi connectivity index (χ4n) is 3.76. The van der Waals surface area contributed by atoms with Gasteiger partial charge in [-0.3, -0.25) is 4.79 Å². The number of hydrogen-bond donors (Lipinski definition) is 1. The lowest BCUT2D eigenvalue weighted by molar-refractivity contribution is -0.128. The molecule has 0 fully saturated rings. The highest BCUT2D eigenvalue weighted by Crippen LogP contribution is 2.26. The minimum atomic E-state index is -0.597. The van der Waals surface area contributed by atoms with Gasteiger partial charge in [-0.15, -0.1) is 0 Å². The molecule has 0 unspecified atom stereocenters. The van der Waals surface area contributed by atoms with Gasteiger partial charge in [0.05, 0.1) is 13.2 Å². The molecule has 0 aliphatic carbocycles. The van der Waals surface area contributed by atoms with Crippen LogP contribution in [0.1, 0.15) is 30.5 Å². The molecule has 1 amide bonds. The summed E-state index contributed by atoms with van der Waals surface area (Å²) in [6, 6.07) is 31.4. The van der Waals surface area contributed by atoms with Gasteiger partial charge < -0.3 is 14.8 Å². The first-order chi connectivity index (χ1) is 15.7. The number of fused-ring (bicyclic) bond motifs is 1. The summed E-state index contributed by atoms with van der Waals surface area (Å²) >= 11 is 0. The zero-order valence-corrected chi connectivity index (χ0v) is 18.3. The summed E-state index contributed by atoms with van der Waals surface area (Å²) in [4.78, 5) is 13.3. The van der Waals surface area contributed by atoms with Crippen molar-refractivity contribution in [1.29, 1.82) is 0 Å². The standard InChI is InChI=1S/C28H27NO3/c1-3-26(32-25-18-13-20-9-7-8-12-23(20)19-25)28(30)29-27(21-10-5-4-6-11-21)22-14-16-24(31-2)17-15-22/h4-19,26-27H,3H2,1-2H3,(H,29,30)/t26-,27-/m1/s1. The van der Waals surface area contributed by atoms with Crippen LogP contribution in [0, 0.1) is 0 Å². The van der Waals surface area contributed by atoms with Crippen molar-refractivity contribution in [3.63, 3.8) is 0 Å². The molecule has 0 heterocycles. The molecule has 162 valence electrons. The van der Waals surface area contributed by atoms with Crippen molar-refractivity contribution < 1.29 is 14.3 Å². The summed E-state index contributed by atoms with van der Waals surface area (Å²) in [6.45, 7) is 1.95. The Morgan fingerprint density at radius 1 is 0.781 bits per heavy atom. The first-order valence-corrected chi connectivity index (χ1v) is 10.8. The second-order valence-electron chi connectivity index (χ2n) is 7.65. The lowest BCUT2D eigenvalue weighted by Crippen LogP contribution is -2.40. The molecule has 0 spiro atoms. The van der Waals surface area contributed by atoms with Crippen molar-refractivity contribution in [3.05, 3.63) is 108 Å². The van der Waals surface area contributed by atoms with Crippen molar-refractivity contribution in [2.24, 2.45) is 0 Å². The second-order valence-corrected chi connectivity index (χ2v) is 7.65. The first kappa shape index (κ1) is 21.4. The van der Waals surface area contributed by atoms with Crippen LogP contribution in [0.25, 0.3) is 10.8 Å². The van der Waals surface area contributed by atoms with Crippen LogP contribution < -0.4 is 14.8 Å². The Morgan fingerprint density at radius 2 is 1.41 bits per heavy atom. The van der Waals surface area contributed by atoms with Gasteiger partial charge in [0.1, 0.15) is 11.5 Å². The summed E-state index contributed by atoms with van der Waals surface area (Å²) in [5.41, 5.74) is 1.98. The number of hydrogen-bond acceptors (Lipinski definition) is 3. The summed E-state index contributed by atoms with van der Waals surface area (Å²) in [7, 11) is 1.64. The maximum absolute atomic E-state index is 13.3. The lowest BCUT2D eigenvalue weighted by Gasteiger charge is -2.24. The molecule has 0 aliphatic rings. The molecule has 4 heteroatoms. The summed E-state index contributed by atoms with van der Waals surface area (Å²) in [5.74, 6) is 1.31. The third-order valence-corrected chi connectivity index (χ3v) is 5.53. The van der Waals surface area contributed by atoms with Gasteiger partial charge >= 0.3 is 0 Å². The Kier molecular flexibility index (Phi) is 6.71. The maximum atomic E-state index is 13.3. The normalized spacial score (nSPS) is 12.7. The minimum absolute atomic E-state index is 0.148. The average molecular weight is 426 g/mol. The third-order valence-electron chi connectivity index (χ3n) is 5.53. The summed E-state index contributed by atoms with van der Waals surface area (Å²) in [6.07, 6.45) is -0.0383. The molecule has 2 atom stereocenters. The molecule has 0 bridgehead atoms. The Hall–Kier alpha value is -3.79. The highest BCUT2D eigenvalue weighted by molar-refractivity contribution is 5.84. The molecule has 0 aliphatic heterocycles. The van der Waals surface area contributed by atoms with Gasteiger partial charge in [0.2, 0.25) is 0 Å². The fourth-order valence-corrected chi connectivity index (χ4v) is 3.76. The third kappa shape index (κ3) is 4.92. The average Bonchev–Trinajstić information content (AvgIpc) is 2.86. The number of amides is 1. The van der Waals surface area contributed by atoms with Gasteiger partial charge in [0.15, 0.2) is 6.10 Å². The van der Waals surface area contributed by atoms with Gasteiger partial charge in [-0.1, -0.05) is 79.7 Å². The van der Waals surface area contributed by atoms with Crippen LogP contribution in [-0.4, -0.2) is 19.1 Å². The minimum Gasteiger partial charge on any atom is -0.497 e. The van der Waals surface area contributed by atoms with Crippen molar-refractivity contribution in [2.45, 2.75) is 25.5 Å². The molecular weight excluding hydrogens is 398 g/mol. The van der Waals surface area contributed by atoms with Crippen LogP contribution in [0.5, 0.6) is 11.5 Å². The number of carbonyl (C=O) groups excluding carboxylic acids is 1. The monoisotopic (exact) mass is 425 g/mol. The topological polar surface area (TPSA) is 47.6 Å². The van der Waals surface area contributed by atoms with Crippen LogP contribution in [0.3, 0.4) is 0 Å². The molecule has 32 heavy (non-hydrogen) atoms. The number of benzene rings is 4. The molecule has 4 nitrogen and oxygen atoms in total. The van der Waals surface area contributed by atoms with E-state index >= 15 is 0 Å². The van der Waals surface area contributed by atoms with E-state index in [-0.39, 0.29) is 11.9 Å². The molecule has 0 radical (unpaired) electrons. The largest absolute Gasteiger partial charge is 0.497 e. The van der Waals surface area contributed by atoms with Gasteiger partial charge in [-0.2, -0.15) is 0 Å². The molecular formula is C28H27NO3. The SMILES string of the molecule is CC[C@@H](Oc1ccc2ccccc2c1)C(=O)N[C@H](c1ccccc1)c1ccc(OC)cc1. The smallest absolute Gasteiger partial charge is 0.261 e. The van der Waals surface area contributed by atoms with E-state index in [1.807, 2.05) is 97.9 Å². The van der Waals surface area contributed by atoms with E-state index in [4.69, 9.17) is 9.47 Å². The van der Waals surface area contributed by atoms with E-state index < -0.39 is 6.10 Å². The fraction of sp³-hybridized carbons (Fsp3) is 0.179. The van der Waals surface area contributed by atoms with Crippen molar-refractivity contribution in [1.82, 2.24) is 5.32 Å². The zero-order valence-electron chi connectivity index (χ0n) is 18.3. The Balaban J connectivity index is 1.56. The van der Waals surface area contributed by atoms with Crippen LogP contribution in [0.4, 0.5) is 0 Å². The predicted octanol–water partition coefficient (Wildman–Crippen LogP) is 5.91. The molecule has 0 saturated heterocycles. The number of methoxy groups -OCH3 is 1. The maximum Gasteiger partial charge on any atom is 0.261 e. The molecule has 0 aromatic heterocycles. The van der Waals surface area contributed by atoms with E-state index in [1.54, 1.807) is 7.11 Å². The molecule has 1 N–H and O–H groups in total. The van der Waals surface area contributed by atoms with E-state index in [0.717, 1.165) is 27.6 Å². The van der Waals surface area contributed by atoms with E-state index in [9.17, 15) is 4.79 Å². The lowest BCUT2D eigenvalue weighted by atomic mass is 9.98. The van der Waals surface area contributed by atoms with Crippen LogP contribution in [-0.2, 0) is 4.79 Å². The van der Waals surface area contributed by atoms with Crippen molar-refractivity contribution >= 4 is 16.7 Å². The highest BCUT2D eigenvalue weighted by atomic mass is 16.5. The Morgan fingerprint density at radius 3 is 2.09 bits per heavy atom. The molecule has 4 aromatic carbocycles. The van der Waals surface area contributed by atoms with Gasteiger partial charge in [-0.25, -0.2) is 0 Å². The van der Waals surface area contributed by atoms with E-state index in [1.165, 1.54) is 0 Å². The number of rotatable bonds is 8. The Labute approximate surface area is 188 Å².